The molecule has 7 heteroatoms. The van der Waals surface area contributed by atoms with Crippen LogP contribution in [0.15, 0.2) is 30.3 Å². The van der Waals surface area contributed by atoms with E-state index in [0.29, 0.717) is 0 Å². The van der Waals surface area contributed by atoms with E-state index in [1.165, 1.54) is 0 Å². The third-order valence-electron chi connectivity index (χ3n) is 4.12. The van der Waals surface area contributed by atoms with E-state index in [0.717, 1.165) is 5.56 Å². The largest absolute Gasteiger partial charge is 0.389 e. The Kier molecular flexibility index (Phi) is 4.62. The van der Waals surface area contributed by atoms with Crippen LogP contribution >= 0.6 is 0 Å². The zero-order valence-corrected chi connectivity index (χ0v) is 13.6. The summed E-state index contributed by atoms with van der Waals surface area (Å²) in [5.74, 6) is -2.87. The molecule has 2 aliphatic rings. The lowest BCUT2D eigenvalue weighted by Crippen LogP contribution is -2.55. The van der Waals surface area contributed by atoms with E-state index < -0.39 is 36.2 Å². The molecule has 2 fully saturated rings. The number of benzene rings is 1. The Bertz CT molecular complexity index is 615. The molecule has 0 bridgehead atoms. The Morgan fingerprint density at radius 3 is 2.67 bits per heavy atom. The predicted molar refractivity (Wildman–Crippen MR) is 81.1 cm³/mol. The third-order valence-corrected chi connectivity index (χ3v) is 4.12. The summed E-state index contributed by atoms with van der Waals surface area (Å²) in [5, 5.41) is 30.1. The Balaban J connectivity index is 1.81. The summed E-state index contributed by atoms with van der Waals surface area (Å²) in [5.41, 5.74) is 0.848. The van der Waals surface area contributed by atoms with Crippen molar-refractivity contribution < 1.29 is 29.2 Å². The topological polar surface area (TPSA) is 101 Å². The standard InChI is InChI=1S/C17H21NO6/c1-16(2)23-14-15(24-16)22-13(12(19)8-9-18)17(14,20)21-10-11-6-4-3-5-7-11/h3-7,12-15,19-20H,8,10H2,1-2H3/t12-,13+,14-,15+,17+/m0/s1. The Labute approximate surface area is 140 Å². The summed E-state index contributed by atoms with van der Waals surface area (Å²) in [7, 11) is 0. The lowest BCUT2D eigenvalue weighted by atomic mass is 9.99. The van der Waals surface area contributed by atoms with Gasteiger partial charge in [-0.05, 0) is 19.4 Å². The number of hydrogen-bond donors (Lipinski definition) is 2. The molecule has 2 N–H and O–H groups in total. The molecule has 1 aromatic rings. The molecule has 2 saturated heterocycles. The van der Waals surface area contributed by atoms with E-state index in [-0.39, 0.29) is 13.0 Å². The highest BCUT2D eigenvalue weighted by molar-refractivity contribution is 5.14. The number of rotatable bonds is 5. The van der Waals surface area contributed by atoms with Crippen LogP contribution in [-0.4, -0.2) is 46.4 Å². The van der Waals surface area contributed by atoms with Gasteiger partial charge in [-0.1, -0.05) is 30.3 Å². The van der Waals surface area contributed by atoms with Gasteiger partial charge in [-0.3, -0.25) is 0 Å². The van der Waals surface area contributed by atoms with Crippen LogP contribution in [-0.2, 0) is 25.6 Å². The van der Waals surface area contributed by atoms with Crippen LogP contribution in [0.1, 0.15) is 25.8 Å². The van der Waals surface area contributed by atoms with Crippen LogP contribution in [0.5, 0.6) is 0 Å². The molecule has 0 aliphatic carbocycles. The van der Waals surface area contributed by atoms with Crippen LogP contribution in [0.3, 0.4) is 0 Å². The average Bonchev–Trinajstić information content (AvgIpc) is 2.99. The first-order valence-corrected chi connectivity index (χ1v) is 7.82. The number of hydrogen-bond acceptors (Lipinski definition) is 7. The molecule has 0 aromatic heterocycles. The fourth-order valence-electron chi connectivity index (χ4n) is 3.02. The molecule has 0 unspecified atom stereocenters. The normalized spacial score (nSPS) is 35.4. The second-order valence-corrected chi connectivity index (χ2v) is 6.44. The van der Waals surface area contributed by atoms with Crippen molar-refractivity contribution in [2.45, 2.75) is 63.1 Å². The molecule has 0 radical (unpaired) electrons. The second kappa shape index (κ2) is 6.41. The maximum absolute atomic E-state index is 11.1. The van der Waals surface area contributed by atoms with Crippen molar-refractivity contribution in [1.29, 1.82) is 5.26 Å². The Morgan fingerprint density at radius 1 is 1.29 bits per heavy atom. The minimum Gasteiger partial charge on any atom is -0.389 e. The summed E-state index contributed by atoms with van der Waals surface area (Å²) >= 11 is 0. The average molecular weight is 335 g/mol. The Hall–Kier alpha value is -1.53. The van der Waals surface area contributed by atoms with Gasteiger partial charge in [0.2, 0.25) is 5.79 Å². The molecule has 130 valence electrons. The molecule has 2 heterocycles. The first-order chi connectivity index (χ1) is 11.4. The van der Waals surface area contributed by atoms with E-state index in [2.05, 4.69) is 0 Å². The van der Waals surface area contributed by atoms with E-state index in [1.807, 2.05) is 36.4 Å². The molecular weight excluding hydrogens is 314 g/mol. The van der Waals surface area contributed by atoms with Gasteiger partial charge in [-0.2, -0.15) is 5.26 Å². The van der Waals surface area contributed by atoms with E-state index in [9.17, 15) is 10.2 Å². The zero-order valence-electron chi connectivity index (χ0n) is 13.6. The smallest absolute Gasteiger partial charge is 0.227 e. The van der Waals surface area contributed by atoms with Gasteiger partial charge >= 0.3 is 0 Å². The van der Waals surface area contributed by atoms with Gasteiger partial charge in [0.25, 0.3) is 0 Å². The molecule has 3 rings (SSSR count). The summed E-state index contributed by atoms with van der Waals surface area (Å²) in [6.45, 7) is 3.50. The highest BCUT2D eigenvalue weighted by atomic mass is 16.9. The number of aliphatic hydroxyl groups excluding tert-OH is 1. The first-order valence-electron chi connectivity index (χ1n) is 7.82. The van der Waals surface area contributed by atoms with E-state index in [4.69, 9.17) is 24.2 Å². The molecule has 1 aromatic carbocycles. The summed E-state index contributed by atoms with van der Waals surface area (Å²) in [4.78, 5) is 0. The molecule has 7 nitrogen and oxygen atoms in total. The van der Waals surface area contributed by atoms with Gasteiger partial charge in [0.1, 0.15) is 6.10 Å². The van der Waals surface area contributed by atoms with Gasteiger partial charge in [-0.25, -0.2) is 0 Å². The van der Waals surface area contributed by atoms with Gasteiger partial charge < -0.3 is 29.2 Å². The maximum atomic E-state index is 11.1. The molecular formula is C17H21NO6. The quantitative estimate of drug-likeness (QED) is 0.775. The number of fused-ring (bicyclic) bond motifs is 1. The highest BCUT2D eigenvalue weighted by Gasteiger charge is 2.66. The summed E-state index contributed by atoms with van der Waals surface area (Å²) in [6.07, 6.45) is -4.37. The Morgan fingerprint density at radius 2 is 2.00 bits per heavy atom. The minimum absolute atomic E-state index is 0.101. The van der Waals surface area contributed by atoms with Gasteiger partial charge in [0.05, 0.1) is 25.2 Å². The number of ether oxygens (including phenoxy) is 4. The van der Waals surface area contributed by atoms with Crippen molar-refractivity contribution in [2.24, 2.45) is 0 Å². The van der Waals surface area contributed by atoms with Crippen LogP contribution in [0.4, 0.5) is 0 Å². The highest BCUT2D eigenvalue weighted by Crippen LogP contribution is 2.45. The maximum Gasteiger partial charge on any atom is 0.227 e. The molecule has 0 amide bonds. The summed E-state index contributed by atoms with van der Waals surface area (Å²) < 4.78 is 22.7. The van der Waals surface area contributed by atoms with Crippen LogP contribution in [0, 0.1) is 11.3 Å². The SMILES string of the molecule is CC1(C)O[C@H]2O[C@H]([C@@H](O)CC#N)[C@@](O)(OCc3ccccc3)[C@H]2O1. The minimum atomic E-state index is -1.93. The van der Waals surface area contributed by atoms with Gasteiger partial charge in [0, 0.05) is 0 Å². The second-order valence-electron chi connectivity index (χ2n) is 6.44. The van der Waals surface area contributed by atoms with Crippen molar-refractivity contribution >= 4 is 0 Å². The molecule has 24 heavy (non-hydrogen) atoms. The molecule has 0 spiro atoms. The molecule has 2 aliphatic heterocycles. The van der Waals surface area contributed by atoms with Crippen molar-refractivity contribution in [3.8, 4) is 6.07 Å². The monoisotopic (exact) mass is 335 g/mol. The van der Waals surface area contributed by atoms with Crippen LogP contribution < -0.4 is 0 Å². The number of aliphatic hydroxyl groups is 2. The molecule has 0 saturated carbocycles. The van der Waals surface area contributed by atoms with Crippen LogP contribution in [0.25, 0.3) is 0 Å². The fraction of sp³-hybridized carbons (Fsp3) is 0.588. The fourth-order valence-corrected chi connectivity index (χ4v) is 3.02. The van der Waals surface area contributed by atoms with E-state index in [1.54, 1.807) is 13.8 Å². The lowest BCUT2D eigenvalue weighted by molar-refractivity contribution is -0.313. The van der Waals surface area contributed by atoms with Crippen molar-refractivity contribution in [1.82, 2.24) is 0 Å². The molecule has 5 atom stereocenters. The first kappa shape index (κ1) is 17.3. The van der Waals surface area contributed by atoms with Gasteiger partial charge in [0.15, 0.2) is 18.2 Å². The third kappa shape index (κ3) is 3.17. The van der Waals surface area contributed by atoms with Crippen LogP contribution in [0.2, 0.25) is 0 Å². The van der Waals surface area contributed by atoms with E-state index >= 15 is 0 Å². The van der Waals surface area contributed by atoms with Crippen molar-refractivity contribution in [3.63, 3.8) is 0 Å². The number of nitrogens with zero attached hydrogens (tertiary/aromatic N) is 1. The van der Waals surface area contributed by atoms with Gasteiger partial charge in [-0.15, -0.1) is 0 Å². The summed E-state index contributed by atoms with van der Waals surface area (Å²) in [6, 6.07) is 11.2. The van der Waals surface area contributed by atoms with Crippen molar-refractivity contribution in [3.05, 3.63) is 35.9 Å². The number of nitriles is 1. The zero-order chi connectivity index (χ0) is 17.4. The lowest BCUT2D eigenvalue weighted by Gasteiger charge is -2.35. The van der Waals surface area contributed by atoms with Crippen molar-refractivity contribution in [2.75, 3.05) is 0 Å². The predicted octanol–water partition coefficient (Wildman–Crippen LogP) is 1.04.